The molecule has 1 saturated heterocycles. The summed E-state index contributed by atoms with van der Waals surface area (Å²) in [7, 11) is 0. The number of anilines is 1. The van der Waals surface area contributed by atoms with Gasteiger partial charge in [-0.3, -0.25) is 19.3 Å². The average Bonchev–Trinajstić information content (AvgIpc) is 3.41. The summed E-state index contributed by atoms with van der Waals surface area (Å²) in [6.07, 6.45) is -3.92. The van der Waals surface area contributed by atoms with Crippen LogP contribution in [-0.4, -0.2) is 46.6 Å². The summed E-state index contributed by atoms with van der Waals surface area (Å²) < 4.78 is 41.2. The standard InChI is InChI=1S/C25H20ClF3N2O5S/c26-20-12-17(22(33)15-6-8-16(9-7-15)36-25(27,28)29)23(37-20)30-21(32)13-31-18(10-11-19(31)24(34)35)14-4-2-1-3-5-14/h1-9,12,18-19H,10-11,13H2,(H,30,32)(H,34,35)/t18-,19-/m1/s1. The highest BCUT2D eigenvalue weighted by Gasteiger charge is 2.39. The minimum absolute atomic E-state index is 0.0589. The van der Waals surface area contributed by atoms with E-state index >= 15 is 0 Å². The molecule has 2 heterocycles. The molecule has 2 atom stereocenters. The third-order valence-corrected chi connectivity index (χ3v) is 7.04. The summed E-state index contributed by atoms with van der Waals surface area (Å²) in [6.45, 7) is -0.233. The number of ketones is 1. The Bertz CT molecular complexity index is 1300. The quantitative estimate of drug-likeness (QED) is 0.345. The molecule has 37 heavy (non-hydrogen) atoms. The van der Waals surface area contributed by atoms with Gasteiger partial charge in [0.05, 0.1) is 16.4 Å². The molecule has 7 nitrogen and oxygen atoms in total. The van der Waals surface area contributed by atoms with Gasteiger partial charge in [-0.25, -0.2) is 0 Å². The van der Waals surface area contributed by atoms with Gasteiger partial charge < -0.3 is 15.2 Å². The van der Waals surface area contributed by atoms with Crippen LogP contribution in [0.3, 0.4) is 0 Å². The molecule has 0 bridgehead atoms. The van der Waals surface area contributed by atoms with Gasteiger partial charge in [0.25, 0.3) is 0 Å². The van der Waals surface area contributed by atoms with Crippen molar-refractivity contribution < 1.29 is 37.4 Å². The van der Waals surface area contributed by atoms with E-state index in [1.54, 1.807) is 4.90 Å². The first-order valence-corrected chi connectivity index (χ1v) is 12.2. The molecule has 1 aliphatic heterocycles. The molecule has 194 valence electrons. The van der Waals surface area contributed by atoms with Crippen LogP contribution < -0.4 is 10.1 Å². The Hall–Kier alpha value is -3.41. The second kappa shape index (κ2) is 10.9. The lowest BCUT2D eigenvalue weighted by Gasteiger charge is -2.27. The van der Waals surface area contributed by atoms with Crippen molar-refractivity contribution >= 4 is 45.6 Å². The van der Waals surface area contributed by atoms with Gasteiger partial charge in [-0.15, -0.1) is 24.5 Å². The summed E-state index contributed by atoms with van der Waals surface area (Å²) in [4.78, 5) is 39.5. The second-order valence-electron chi connectivity index (χ2n) is 8.27. The zero-order valence-electron chi connectivity index (χ0n) is 19.0. The number of carboxylic acid groups (broad SMARTS) is 1. The van der Waals surface area contributed by atoms with Gasteiger partial charge in [-0.05, 0) is 48.7 Å². The maximum atomic E-state index is 13.0. The number of aliphatic carboxylic acids is 1. The van der Waals surface area contributed by atoms with Gasteiger partial charge in [0.15, 0.2) is 5.78 Å². The van der Waals surface area contributed by atoms with Crippen molar-refractivity contribution in [2.24, 2.45) is 0 Å². The fourth-order valence-electron chi connectivity index (χ4n) is 4.30. The van der Waals surface area contributed by atoms with Crippen molar-refractivity contribution in [1.82, 2.24) is 4.90 Å². The largest absolute Gasteiger partial charge is 0.573 e. The summed E-state index contributed by atoms with van der Waals surface area (Å²) in [5.41, 5.74) is 1.02. The van der Waals surface area contributed by atoms with Crippen molar-refractivity contribution in [2.45, 2.75) is 31.3 Å². The molecule has 0 aliphatic carbocycles. The van der Waals surface area contributed by atoms with Crippen LogP contribution in [-0.2, 0) is 9.59 Å². The van der Waals surface area contributed by atoms with E-state index in [9.17, 15) is 32.7 Å². The summed E-state index contributed by atoms with van der Waals surface area (Å²) in [5.74, 6) is -2.61. The lowest BCUT2D eigenvalue weighted by molar-refractivity contribution is -0.274. The van der Waals surface area contributed by atoms with Crippen LogP contribution in [0.25, 0.3) is 0 Å². The average molecular weight is 553 g/mol. The number of thiophene rings is 1. The molecule has 0 radical (unpaired) electrons. The molecule has 1 amide bonds. The number of rotatable bonds is 8. The fraction of sp³-hybridized carbons (Fsp3) is 0.240. The monoisotopic (exact) mass is 552 g/mol. The van der Waals surface area contributed by atoms with E-state index in [4.69, 9.17) is 11.6 Å². The Morgan fingerprint density at radius 1 is 1.08 bits per heavy atom. The zero-order valence-corrected chi connectivity index (χ0v) is 20.6. The van der Waals surface area contributed by atoms with E-state index in [2.05, 4.69) is 10.1 Å². The zero-order chi connectivity index (χ0) is 26.7. The number of hydrogen-bond acceptors (Lipinski definition) is 6. The Balaban J connectivity index is 1.50. The molecule has 2 N–H and O–H groups in total. The number of likely N-dealkylation sites (tertiary alicyclic amines) is 1. The van der Waals surface area contributed by atoms with Crippen LogP contribution in [0, 0.1) is 0 Å². The number of alkyl halides is 3. The maximum Gasteiger partial charge on any atom is 0.573 e. The smallest absolute Gasteiger partial charge is 0.480 e. The predicted octanol–water partition coefficient (Wildman–Crippen LogP) is 5.76. The number of nitrogens with one attached hydrogen (secondary N) is 1. The van der Waals surface area contributed by atoms with Crippen LogP contribution in [0.5, 0.6) is 5.75 Å². The van der Waals surface area contributed by atoms with Crippen LogP contribution in [0.15, 0.2) is 60.7 Å². The number of hydrogen-bond donors (Lipinski definition) is 2. The van der Waals surface area contributed by atoms with E-state index in [0.717, 1.165) is 29.0 Å². The lowest BCUT2D eigenvalue weighted by atomic mass is 10.0. The molecule has 2 aromatic carbocycles. The molecular formula is C25H20ClF3N2O5S. The number of carbonyl (C=O) groups is 3. The molecular weight excluding hydrogens is 533 g/mol. The number of amides is 1. The first-order valence-electron chi connectivity index (χ1n) is 11.0. The number of nitrogens with zero attached hydrogens (tertiary/aromatic N) is 1. The Labute approximate surface area is 218 Å². The Morgan fingerprint density at radius 2 is 1.76 bits per heavy atom. The van der Waals surface area contributed by atoms with Crippen molar-refractivity contribution in [3.8, 4) is 5.75 Å². The van der Waals surface area contributed by atoms with E-state index in [-0.39, 0.29) is 33.1 Å². The third-order valence-electron chi connectivity index (χ3n) is 5.86. The molecule has 0 unspecified atom stereocenters. The van der Waals surface area contributed by atoms with Crippen molar-refractivity contribution in [3.05, 3.63) is 81.7 Å². The van der Waals surface area contributed by atoms with E-state index in [1.165, 1.54) is 18.2 Å². The number of ether oxygens (including phenoxy) is 1. The highest BCUT2D eigenvalue weighted by atomic mass is 35.5. The Morgan fingerprint density at radius 3 is 2.38 bits per heavy atom. The number of benzene rings is 2. The second-order valence-corrected chi connectivity index (χ2v) is 9.96. The van der Waals surface area contributed by atoms with Crippen LogP contribution in [0.4, 0.5) is 18.2 Å². The van der Waals surface area contributed by atoms with Gasteiger partial charge in [-0.2, -0.15) is 0 Å². The van der Waals surface area contributed by atoms with Crippen molar-refractivity contribution in [1.29, 1.82) is 0 Å². The molecule has 12 heteroatoms. The van der Waals surface area contributed by atoms with Crippen LogP contribution in [0.2, 0.25) is 4.34 Å². The van der Waals surface area contributed by atoms with Crippen molar-refractivity contribution in [3.63, 3.8) is 0 Å². The van der Waals surface area contributed by atoms with Crippen LogP contribution in [0.1, 0.15) is 40.4 Å². The van der Waals surface area contributed by atoms with Gasteiger partial charge in [0.2, 0.25) is 5.91 Å². The van der Waals surface area contributed by atoms with E-state index < -0.39 is 35.8 Å². The molecule has 3 aromatic rings. The van der Waals surface area contributed by atoms with E-state index in [1.807, 2.05) is 30.3 Å². The lowest BCUT2D eigenvalue weighted by Crippen LogP contribution is -2.42. The van der Waals surface area contributed by atoms with Gasteiger partial charge in [0.1, 0.15) is 16.8 Å². The Kier molecular flexibility index (Phi) is 7.86. The first kappa shape index (κ1) is 26.6. The topological polar surface area (TPSA) is 95.9 Å². The van der Waals surface area contributed by atoms with Gasteiger partial charge in [-0.1, -0.05) is 41.9 Å². The molecule has 1 aromatic heterocycles. The molecule has 1 fully saturated rings. The summed E-state index contributed by atoms with van der Waals surface area (Å²) in [6, 6.07) is 13.9. The van der Waals surface area contributed by atoms with Gasteiger partial charge >= 0.3 is 12.3 Å². The SMILES string of the molecule is O=C(CN1[C@@H](C(=O)O)CC[C@@H]1c1ccccc1)Nc1sc(Cl)cc1C(=O)c1ccc(OC(F)(F)F)cc1. The highest BCUT2D eigenvalue weighted by Crippen LogP contribution is 2.37. The number of halogens is 4. The number of carboxylic acids is 1. The maximum absolute atomic E-state index is 13.0. The third kappa shape index (κ3) is 6.48. The molecule has 1 aliphatic rings. The summed E-state index contributed by atoms with van der Waals surface area (Å²) >= 11 is 7.04. The molecule has 0 spiro atoms. The summed E-state index contributed by atoms with van der Waals surface area (Å²) in [5, 5.41) is 12.5. The minimum Gasteiger partial charge on any atom is -0.480 e. The predicted molar refractivity (Wildman–Crippen MR) is 131 cm³/mol. The first-order chi connectivity index (χ1) is 17.5. The normalized spacial score (nSPS) is 17.9. The van der Waals surface area contributed by atoms with Crippen molar-refractivity contribution in [2.75, 3.05) is 11.9 Å². The molecule has 4 rings (SSSR count). The van der Waals surface area contributed by atoms with Crippen LogP contribution >= 0.6 is 22.9 Å². The molecule has 0 saturated carbocycles. The fourth-order valence-corrected chi connectivity index (χ4v) is 5.44. The van der Waals surface area contributed by atoms with E-state index in [0.29, 0.717) is 12.8 Å². The minimum atomic E-state index is -4.86. The highest BCUT2D eigenvalue weighted by molar-refractivity contribution is 7.20. The number of carbonyl (C=O) groups excluding carboxylic acids is 2. The van der Waals surface area contributed by atoms with Gasteiger partial charge in [0, 0.05) is 11.6 Å².